The Morgan fingerprint density at radius 2 is 1.56 bits per heavy atom. The fraction of sp³-hybridized carbons (Fsp3) is 0.115. The quantitative estimate of drug-likeness (QED) is 0.365. The van der Waals surface area contributed by atoms with Crippen LogP contribution in [0, 0.1) is 0 Å². The van der Waals surface area contributed by atoms with E-state index in [-0.39, 0.29) is 5.91 Å². The summed E-state index contributed by atoms with van der Waals surface area (Å²) in [5.41, 5.74) is 3.31. The second-order valence-corrected chi connectivity index (χ2v) is 8.57. The van der Waals surface area contributed by atoms with Gasteiger partial charge in [-0.3, -0.25) is 9.69 Å². The number of fused-ring (bicyclic) bond motifs is 1. The number of aromatic nitrogens is 2. The minimum atomic E-state index is -0.158. The van der Waals surface area contributed by atoms with Gasteiger partial charge in [0.1, 0.15) is 17.3 Å². The van der Waals surface area contributed by atoms with Crippen LogP contribution in [0.15, 0.2) is 82.7 Å². The summed E-state index contributed by atoms with van der Waals surface area (Å²) in [6.07, 6.45) is 1.82. The van der Waals surface area contributed by atoms with E-state index in [0.717, 1.165) is 22.5 Å². The molecule has 5 rings (SSSR count). The van der Waals surface area contributed by atoms with Crippen molar-refractivity contribution in [3.05, 3.63) is 83.5 Å². The number of para-hydroxylation sites is 2. The lowest BCUT2D eigenvalue weighted by atomic mass is 10.2. The molecule has 0 atom stereocenters. The van der Waals surface area contributed by atoms with E-state index in [1.54, 1.807) is 19.1 Å². The Morgan fingerprint density at radius 3 is 2.21 bits per heavy atom. The molecule has 0 aliphatic carbocycles. The molecule has 8 heteroatoms. The summed E-state index contributed by atoms with van der Waals surface area (Å²) in [4.78, 5) is 25.2. The molecular weight excluding hydrogens is 448 g/mol. The first kappa shape index (κ1) is 21.8. The van der Waals surface area contributed by atoms with E-state index in [1.807, 2.05) is 90.5 Å². The summed E-state index contributed by atoms with van der Waals surface area (Å²) in [6.45, 7) is 0. The first-order valence-electron chi connectivity index (χ1n) is 10.6. The van der Waals surface area contributed by atoms with Crippen molar-refractivity contribution in [2.24, 2.45) is 12.0 Å². The number of anilines is 1. The molecule has 0 unspecified atom stereocenters. The second kappa shape index (κ2) is 9.07. The molecule has 1 saturated heterocycles. The normalized spacial score (nSPS) is 16.1. The topological polar surface area (TPSA) is 69.0 Å². The number of ether oxygens (including phenoxy) is 2. The predicted molar refractivity (Wildman–Crippen MR) is 137 cm³/mol. The van der Waals surface area contributed by atoms with Gasteiger partial charge < -0.3 is 14.0 Å². The van der Waals surface area contributed by atoms with Gasteiger partial charge >= 0.3 is 0 Å². The molecule has 1 amide bonds. The van der Waals surface area contributed by atoms with Crippen LogP contribution in [0.1, 0.15) is 5.82 Å². The Labute approximate surface area is 201 Å². The number of thioether (sulfide) groups is 1. The first-order valence-corrected chi connectivity index (χ1v) is 11.4. The Bertz CT molecular complexity index is 1420. The molecule has 2 heterocycles. The zero-order chi connectivity index (χ0) is 23.7. The van der Waals surface area contributed by atoms with Crippen molar-refractivity contribution < 1.29 is 14.3 Å². The maximum Gasteiger partial charge on any atom is 0.271 e. The van der Waals surface area contributed by atoms with Crippen LogP contribution >= 0.6 is 11.8 Å². The average Bonchev–Trinajstić information content (AvgIpc) is 3.35. The molecule has 1 fully saturated rings. The number of rotatable bonds is 5. The van der Waals surface area contributed by atoms with E-state index in [9.17, 15) is 4.79 Å². The van der Waals surface area contributed by atoms with E-state index >= 15 is 0 Å². The zero-order valence-electron chi connectivity index (χ0n) is 18.9. The number of aryl methyl sites for hydroxylation is 1. The number of methoxy groups -OCH3 is 2. The van der Waals surface area contributed by atoms with Crippen LogP contribution in [0.3, 0.4) is 0 Å². The number of imidazole rings is 1. The molecule has 34 heavy (non-hydrogen) atoms. The van der Waals surface area contributed by atoms with E-state index < -0.39 is 0 Å². The molecule has 0 N–H and O–H groups in total. The van der Waals surface area contributed by atoms with Gasteiger partial charge in [0.2, 0.25) is 0 Å². The van der Waals surface area contributed by atoms with Gasteiger partial charge in [-0.25, -0.2) is 9.98 Å². The molecule has 170 valence electrons. The highest BCUT2D eigenvalue weighted by atomic mass is 32.2. The molecule has 1 aromatic heterocycles. The van der Waals surface area contributed by atoms with E-state index in [1.165, 1.54) is 11.8 Å². The summed E-state index contributed by atoms with van der Waals surface area (Å²) < 4.78 is 12.5. The Morgan fingerprint density at radius 1 is 0.912 bits per heavy atom. The number of amidine groups is 1. The molecular formula is C26H22N4O3S. The average molecular weight is 471 g/mol. The predicted octanol–water partition coefficient (Wildman–Crippen LogP) is 5.40. The summed E-state index contributed by atoms with van der Waals surface area (Å²) in [5.74, 6) is 2.01. The van der Waals surface area contributed by atoms with Gasteiger partial charge in [-0.1, -0.05) is 12.1 Å². The van der Waals surface area contributed by atoms with Crippen LogP contribution in [0.25, 0.3) is 17.1 Å². The lowest BCUT2D eigenvalue weighted by molar-refractivity contribution is -0.113. The number of aliphatic imine (C=N–C) groups is 1. The minimum absolute atomic E-state index is 0.158. The number of hydrogen-bond donors (Lipinski definition) is 0. The van der Waals surface area contributed by atoms with Gasteiger partial charge in [0.15, 0.2) is 5.17 Å². The van der Waals surface area contributed by atoms with Crippen molar-refractivity contribution in [1.82, 2.24) is 9.55 Å². The number of amides is 1. The second-order valence-electron chi connectivity index (χ2n) is 7.56. The number of carbonyl (C=O) groups excluding carboxylic acids is 1. The molecule has 7 nitrogen and oxygen atoms in total. The van der Waals surface area contributed by atoms with E-state index in [0.29, 0.717) is 27.3 Å². The molecule has 0 saturated carbocycles. The van der Waals surface area contributed by atoms with Crippen LogP contribution < -0.4 is 14.4 Å². The van der Waals surface area contributed by atoms with Crippen molar-refractivity contribution in [2.75, 3.05) is 19.1 Å². The van der Waals surface area contributed by atoms with Gasteiger partial charge in [0.25, 0.3) is 5.91 Å². The first-order chi connectivity index (χ1) is 16.6. The maximum absolute atomic E-state index is 13.6. The zero-order valence-corrected chi connectivity index (χ0v) is 19.7. The third-order valence-electron chi connectivity index (χ3n) is 5.52. The van der Waals surface area contributed by atoms with E-state index in [2.05, 4.69) is 0 Å². The van der Waals surface area contributed by atoms with Gasteiger partial charge in [-0.05, 0) is 72.4 Å². The number of benzene rings is 3. The lowest BCUT2D eigenvalue weighted by Crippen LogP contribution is -2.28. The van der Waals surface area contributed by atoms with Crippen LogP contribution in [-0.4, -0.2) is 34.8 Å². The Kier molecular flexibility index (Phi) is 5.81. The van der Waals surface area contributed by atoms with Crippen LogP contribution in [0.5, 0.6) is 11.5 Å². The third kappa shape index (κ3) is 4.04. The van der Waals surface area contributed by atoms with Gasteiger partial charge in [0.05, 0.1) is 41.5 Å². The molecule has 0 spiro atoms. The smallest absolute Gasteiger partial charge is 0.271 e. The summed E-state index contributed by atoms with van der Waals surface area (Å²) in [6, 6.07) is 22.6. The molecule has 0 bridgehead atoms. The van der Waals surface area contributed by atoms with Gasteiger partial charge in [-0.15, -0.1) is 0 Å². The minimum Gasteiger partial charge on any atom is -0.497 e. The third-order valence-corrected chi connectivity index (χ3v) is 6.48. The number of hydrogen-bond acceptors (Lipinski definition) is 6. The monoisotopic (exact) mass is 470 g/mol. The summed E-state index contributed by atoms with van der Waals surface area (Å²) >= 11 is 1.32. The fourth-order valence-electron chi connectivity index (χ4n) is 3.69. The fourth-order valence-corrected chi connectivity index (χ4v) is 4.66. The molecule has 1 aliphatic rings. The Balaban J connectivity index is 1.57. The number of nitrogens with zero attached hydrogens (tertiary/aromatic N) is 4. The Hall–Kier alpha value is -4.04. The molecule has 3 aromatic carbocycles. The number of carbonyl (C=O) groups is 1. The van der Waals surface area contributed by atoms with Crippen LogP contribution in [-0.2, 0) is 11.8 Å². The maximum atomic E-state index is 13.6. The molecule has 0 radical (unpaired) electrons. The summed E-state index contributed by atoms with van der Waals surface area (Å²) in [7, 11) is 5.18. The van der Waals surface area contributed by atoms with Crippen LogP contribution in [0.4, 0.5) is 11.4 Å². The van der Waals surface area contributed by atoms with Crippen molar-refractivity contribution in [2.45, 2.75) is 0 Å². The largest absolute Gasteiger partial charge is 0.497 e. The van der Waals surface area contributed by atoms with Crippen molar-refractivity contribution in [1.29, 1.82) is 0 Å². The van der Waals surface area contributed by atoms with Crippen molar-refractivity contribution in [3.8, 4) is 11.5 Å². The van der Waals surface area contributed by atoms with E-state index in [4.69, 9.17) is 19.5 Å². The van der Waals surface area contributed by atoms with Crippen molar-refractivity contribution >= 4 is 51.3 Å². The highest BCUT2D eigenvalue weighted by Crippen LogP contribution is 2.38. The standard InChI is InChI=1S/C26H22N4O3S/c1-29-22-7-5-4-6-21(22)28-24(29)16-23-25(31)30(18-10-14-20(33-3)15-11-18)26(34-23)27-17-8-12-19(32-2)13-9-17/h4-16H,1-3H3. The molecule has 1 aliphatic heterocycles. The van der Waals surface area contributed by atoms with Crippen molar-refractivity contribution in [3.63, 3.8) is 0 Å². The summed E-state index contributed by atoms with van der Waals surface area (Å²) in [5, 5.41) is 0.561. The molecule has 4 aromatic rings. The lowest BCUT2D eigenvalue weighted by Gasteiger charge is -2.16. The van der Waals surface area contributed by atoms with Gasteiger partial charge in [0, 0.05) is 13.1 Å². The SMILES string of the molecule is COc1ccc(N=C2SC(=Cc3nc4ccccc4n3C)C(=O)N2c2ccc(OC)cc2)cc1. The van der Waals surface area contributed by atoms with Gasteiger partial charge in [-0.2, -0.15) is 0 Å². The highest BCUT2D eigenvalue weighted by molar-refractivity contribution is 8.19. The highest BCUT2D eigenvalue weighted by Gasteiger charge is 2.35. The van der Waals surface area contributed by atoms with Crippen LogP contribution in [0.2, 0.25) is 0 Å².